The molecule has 76 valence electrons. The van der Waals surface area contributed by atoms with E-state index in [1.165, 1.54) is 37.0 Å². The molecule has 2 nitrogen and oxygen atoms in total. The summed E-state index contributed by atoms with van der Waals surface area (Å²) >= 11 is 0. The molecule has 2 aliphatic rings. The second kappa shape index (κ2) is 2.86. The molecule has 1 aliphatic heterocycles. The van der Waals surface area contributed by atoms with E-state index in [1.54, 1.807) is 0 Å². The highest BCUT2D eigenvalue weighted by molar-refractivity contribution is 5.33. The maximum absolute atomic E-state index is 5.75. The molecule has 1 saturated carbocycles. The standard InChI is InChI=1S/C12H17NO/c1-9-8-10-11(14-9)4-7-13-12(10)5-2-3-6-12/h8,13H,2-7H2,1H3. The summed E-state index contributed by atoms with van der Waals surface area (Å²) in [4.78, 5) is 0. The number of hydrogen-bond donors (Lipinski definition) is 1. The van der Waals surface area contributed by atoms with E-state index in [0.717, 1.165) is 18.7 Å². The summed E-state index contributed by atoms with van der Waals surface area (Å²) in [5, 5.41) is 3.70. The Bertz CT molecular complexity index is 347. The first kappa shape index (κ1) is 8.54. The first-order valence-corrected chi connectivity index (χ1v) is 5.65. The molecule has 2 heteroatoms. The summed E-state index contributed by atoms with van der Waals surface area (Å²) in [6, 6.07) is 2.24. The number of furan rings is 1. The van der Waals surface area contributed by atoms with Crippen LogP contribution in [-0.4, -0.2) is 6.54 Å². The highest BCUT2D eigenvalue weighted by Gasteiger charge is 2.40. The molecule has 1 N–H and O–H groups in total. The predicted octanol–water partition coefficient (Wildman–Crippen LogP) is 2.50. The molecule has 0 amide bonds. The van der Waals surface area contributed by atoms with Crippen molar-refractivity contribution in [1.29, 1.82) is 0 Å². The van der Waals surface area contributed by atoms with Crippen LogP contribution < -0.4 is 5.32 Å². The summed E-state index contributed by atoms with van der Waals surface area (Å²) in [7, 11) is 0. The van der Waals surface area contributed by atoms with Crippen LogP contribution in [0.1, 0.15) is 42.8 Å². The van der Waals surface area contributed by atoms with Crippen LogP contribution in [0, 0.1) is 6.92 Å². The van der Waals surface area contributed by atoms with Gasteiger partial charge in [0.15, 0.2) is 0 Å². The molecule has 1 aromatic rings. The van der Waals surface area contributed by atoms with Crippen LogP contribution in [0.5, 0.6) is 0 Å². The van der Waals surface area contributed by atoms with Gasteiger partial charge >= 0.3 is 0 Å². The molecule has 0 bridgehead atoms. The van der Waals surface area contributed by atoms with Crippen LogP contribution in [0.4, 0.5) is 0 Å². The van der Waals surface area contributed by atoms with Gasteiger partial charge < -0.3 is 9.73 Å². The third-order valence-corrected chi connectivity index (χ3v) is 3.72. The molecule has 1 fully saturated rings. The second-order valence-electron chi connectivity index (χ2n) is 4.66. The minimum atomic E-state index is 0.283. The Hall–Kier alpha value is -0.760. The van der Waals surface area contributed by atoms with Crippen LogP contribution in [0.25, 0.3) is 0 Å². The van der Waals surface area contributed by atoms with Crippen molar-refractivity contribution in [1.82, 2.24) is 5.32 Å². The van der Waals surface area contributed by atoms with Gasteiger partial charge in [-0.3, -0.25) is 0 Å². The van der Waals surface area contributed by atoms with E-state index in [4.69, 9.17) is 4.42 Å². The average molecular weight is 191 g/mol. The quantitative estimate of drug-likeness (QED) is 0.681. The molecule has 0 radical (unpaired) electrons. The van der Waals surface area contributed by atoms with E-state index in [9.17, 15) is 0 Å². The van der Waals surface area contributed by atoms with Gasteiger partial charge in [0.05, 0.1) is 0 Å². The van der Waals surface area contributed by atoms with Crippen molar-refractivity contribution in [2.75, 3.05) is 6.54 Å². The van der Waals surface area contributed by atoms with E-state index >= 15 is 0 Å². The van der Waals surface area contributed by atoms with Crippen LogP contribution in [0.15, 0.2) is 10.5 Å². The molecule has 0 atom stereocenters. The fourth-order valence-electron chi connectivity index (χ4n) is 3.09. The lowest BCUT2D eigenvalue weighted by molar-refractivity contribution is 0.304. The lowest BCUT2D eigenvalue weighted by atomic mass is 9.85. The third kappa shape index (κ3) is 1.07. The molecule has 0 saturated heterocycles. The summed E-state index contributed by atoms with van der Waals surface area (Å²) in [6.07, 6.45) is 6.36. The largest absolute Gasteiger partial charge is 0.466 e. The number of nitrogens with one attached hydrogen (secondary N) is 1. The van der Waals surface area contributed by atoms with Crippen LogP contribution in [0.3, 0.4) is 0 Å². The second-order valence-corrected chi connectivity index (χ2v) is 4.66. The van der Waals surface area contributed by atoms with E-state index in [0.29, 0.717) is 0 Å². The molecule has 14 heavy (non-hydrogen) atoms. The zero-order valence-electron chi connectivity index (χ0n) is 8.73. The average Bonchev–Trinajstić information content (AvgIpc) is 2.74. The third-order valence-electron chi connectivity index (χ3n) is 3.72. The van der Waals surface area contributed by atoms with Crippen molar-refractivity contribution in [2.24, 2.45) is 0 Å². The molecule has 1 aromatic heterocycles. The van der Waals surface area contributed by atoms with Crippen LogP contribution in [-0.2, 0) is 12.0 Å². The van der Waals surface area contributed by atoms with Gasteiger partial charge in [-0.05, 0) is 25.8 Å². The van der Waals surface area contributed by atoms with Gasteiger partial charge in [-0.25, -0.2) is 0 Å². The summed E-state index contributed by atoms with van der Waals surface area (Å²) in [5.41, 5.74) is 1.74. The van der Waals surface area contributed by atoms with E-state index in [1.807, 2.05) is 0 Å². The van der Waals surface area contributed by atoms with Gasteiger partial charge in [-0.2, -0.15) is 0 Å². The van der Waals surface area contributed by atoms with Gasteiger partial charge in [-0.1, -0.05) is 12.8 Å². The first-order chi connectivity index (χ1) is 6.80. The van der Waals surface area contributed by atoms with Crippen molar-refractivity contribution >= 4 is 0 Å². The maximum atomic E-state index is 5.75. The SMILES string of the molecule is Cc1cc2c(o1)CCNC21CCCC1. The van der Waals surface area contributed by atoms with E-state index < -0.39 is 0 Å². The lowest BCUT2D eigenvalue weighted by Gasteiger charge is -2.34. The smallest absolute Gasteiger partial charge is 0.110 e. The van der Waals surface area contributed by atoms with Crippen LogP contribution in [0.2, 0.25) is 0 Å². The van der Waals surface area contributed by atoms with Gasteiger partial charge in [0.25, 0.3) is 0 Å². The number of aryl methyl sites for hydroxylation is 1. The van der Waals surface area contributed by atoms with Gasteiger partial charge in [0.1, 0.15) is 11.5 Å². The van der Waals surface area contributed by atoms with Crippen molar-refractivity contribution in [3.05, 3.63) is 23.2 Å². The van der Waals surface area contributed by atoms with Crippen molar-refractivity contribution in [3.63, 3.8) is 0 Å². The van der Waals surface area contributed by atoms with Crippen molar-refractivity contribution in [3.8, 4) is 0 Å². The van der Waals surface area contributed by atoms with Crippen molar-refractivity contribution < 1.29 is 4.42 Å². The Labute approximate surface area is 84.7 Å². The zero-order valence-corrected chi connectivity index (χ0v) is 8.73. The Kier molecular flexibility index (Phi) is 1.75. The minimum Gasteiger partial charge on any atom is -0.466 e. The Morgan fingerprint density at radius 3 is 2.93 bits per heavy atom. The van der Waals surface area contributed by atoms with E-state index in [-0.39, 0.29) is 5.54 Å². The zero-order chi connectivity index (χ0) is 9.60. The summed E-state index contributed by atoms with van der Waals surface area (Å²) in [5.74, 6) is 2.31. The molecular weight excluding hydrogens is 174 g/mol. The highest BCUT2D eigenvalue weighted by atomic mass is 16.3. The molecule has 0 aromatic carbocycles. The molecule has 2 heterocycles. The van der Waals surface area contributed by atoms with Gasteiger partial charge in [0, 0.05) is 24.1 Å². The molecule has 3 rings (SSSR count). The lowest BCUT2D eigenvalue weighted by Crippen LogP contribution is -2.44. The monoisotopic (exact) mass is 191 g/mol. The Morgan fingerprint density at radius 1 is 1.36 bits per heavy atom. The van der Waals surface area contributed by atoms with Gasteiger partial charge in [-0.15, -0.1) is 0 Å². The summed E-state index contributed by atoms with van der Waals surface area (Å²) < 4.78 is 5.75. The number of rotatable bonds is 0. The molecule has 0 unspecified atom stereocenters. The first-order valence-electron chi connectivity index (χ1n) is 5.65. The topological polar surface area (TPSA) is 25.2 Å². The fourth-order valence-corrected chi connectivity index (χ4v) is 3.09. The fraction of sp³-hybridized carbons (Fsp3) is 0.667. The Balaban J connectivity index is 2.09. The maximum Gasteiger partial charge on any atom is 0.110 e. The van der Waals surface area contributed by atoms with Crippen molar-refractivity contribution in [2.45, 2.75) is 44.6 Å². The van der Waals surface area contributed by atoms with E-state index in [2.05, 4.69) is 18.3 Å². The van der Waals surface area contributed by atoms with Gasteiger partial charge in [0.2, 0.25) is 0 Å². The van der Waals surface area contributed by atoms with Crippen LogP contribution >= 0.6 is 0 Å². The highest BCUT2D eigenvalue weighted by Crippen LogP contribution is 2.43. The normalized spacial score (nSPS) is 24.1. The number of hydrogen-bond acceptors (Lipinski definition) is 2. The molecule has 1 spiro atoms. The number of fused-ring (bicyclic) bond motifs is 2. The molecule has 1 aliphatic carbocycles. The minimum absolute atomic E-state index is 0.283. The Morgan fingerprint density at radius 2 is 2.14 bits per heavy atom. The predicted molar refractivity (Wildman–Crippen MR) is 55.3 cm³/mol. The summed E-state index contributed by atoms with van der Waals surface area (Å²) in [6.45, 7) is 3.14. The molecular formula is C12H17NO.